The third-order valence-corrected chi connectivity index (χ3v) is 16.1. The lowest BCUT2D eigenvalue weighted by molar-refractivity contribution is -0.139. The molecule has 0 spiro atoms. The summed E-state index contributed by atoms with van der Waals surface area (Å²) in [6.07, 6.45) is 0.985. The standard InChI is InChI=1S/C16H14O3.C16H16O2.C15H13NO3.C15H15NO3.C14H11Cl2NO2/c17-15(10-11-16(18)19)14-8-6-13(7-9-14)12-4-2-1-3-5-12;1-11-6-5-8-13(12(11)2)10-14-7-3-4-9-15(14)16(17)18;17-14(10-4-2-1-3-5-10)13-7-6-12-11(15(18)19)8-9-16(12)13;1-10-3-5-11(6-4-10)15(19)13-8-7-12(16(13)2)9-14(17)18;15-10-5-3-6-11(16)14(10)17-12-7-2-1-4-9(12)8-13(18)19/h1-9H,10-11H2,(H,18,19);3-9H,10H2,1-2H3,(H,17,18);1-7,11H,8-9H2,(H,18,19);3-8H,9H2,1-2H3,(H,17,18);1-7,17H,8H2,(H,18,19). The number of rotatable bonds is 19. The second kappa shape index (κ2) is 33.9. The predicted octanol–water partition coefficient (Wildman–Crippen LogP) is 15.8. The van der Waals surface area contributed by atoms with Crippen molar-refractivity contribution in [2.24, 2.45) is 7.05 Å². The van der Waals surface area contributed by atoms with Crippen LogP contribution < -0.4 is 5.32 Å². The van der Waals surface area contributed by atoms with Gasteiger partial charge in [-0.2, -0.15) is 0 Å². The minimum Gasteiger partial charge on any atom is -0.481 e. The smallest absolute Gasteiger partial charge is 0.335 e. The summed E-state index contributed by atoms with van der Waals surface area (Å²) in [7, 11) is 1.71. The summed E-state index contributed by atoms with van der Waals surface area (Å²) in [5.41, 5.74) is 14.3. The van der Waals surface area contributed by atoms with E-state index in [1.165, 1.54) is 16.7 Å². The van der Waals surface area contributed by atoms with Crippen molar-refractivity contribution in [3.8, 4) is 11.1 Å². The van der Waals surface area contributed by atoms with E-state index in [0.717, 1.165) is 27.9 Å². The van der Waals surface area contributed by atoms with Crippen LogP contribution in [-0.4, -0.2) is 81.9 Å². The molecular formula is C76H69Cl2N3O13. The molecule has 11 rings (SSSR count). The lowest BCUT2D eigenvalue weighted by Crippen LogP contribution is -2.11. The van der Waals surface area contributed by atoms with E-state index >= 15 is 0 Å². The molecule has 1 aliphatic heterocycles. The van der Waals surface area contributed by atoms with Crippen molar-refractivity contribution in [1.29, 1.82) is 0 Å². The number of nitrogens with one attached hydrogen (secondary N) is 1. The molecule has 2 aromatic heterocycles. The number of aliphatic carboxylic acids is 4. The highest BCUT2D eigenvalue weighted by Gasteiger charge is 2.32. The van der Waals surface area contributed by atoms with Gasteiger partial charge in [0.1, 0.15) is 0 Å². The third kappa shape index (κ3) is 19.5. The Kier molecular flexibility index (Phi) is 25.5. The van der Waals surface area contributed by atoms with Crippen molar-refractivity contribution in [2.45, 2.75) is 71.8 Å². The molecule has 0 aliphatic carbocycles. The zero-order chi connectivity index (χ0) is 68.0. The number of benzene rings is 8. The first-order valence-electron chi connectivity index (χ1n) is 29.8. The molecule has 0 radical (unpaired) electrons. The van der Waals surface area contributed by atoms with Gasteiger partial charge in [-0.25, -0.2) is 4.79 Å². The number of aryl methyl sites for hydroxylation is 2. The number of carboxylic acids is 5. The SMILES string of the molecule is Cc1ccc(C(=O)c2ccc(CC(=O)O)n2C)cc1.Cc1cccc(Cc2ccccc2C(=O)O)c1C.O=C(O)CCC(=O)c1ccc(-c2ccccc2)cc1.O=C(O)Cc1ccccc1Nc1c(Cl)cccc1Cl.O=C(c1ccccc1)c1ccc2n1CCC2C(=O)O. The summed E-state index contributed by atoms with van der Waals surface area (Å²) in [5.74, 6) is -5.22. The Labute approximate surface area is 554 Å². The monoisotopic (exact) mass is 1300 g/mol. The number of carbonyl (C=O) groups is 8. The van der Waals surface area contributed by atoms with Crippen LogP contribution in [0.4, 0.5) is 11.4 Å². The fourth-order valence-electron chi connectivity index (χ4n) is 10.2. The molecule has 0 amide bonds. The molecule has 1 atom stereocenters. The molecule has 0 fully saturated rings. The number of fused-ring (bicyclic) bond motifs is 1. The molecule has 16 nitrogen and oxygen atoms in total. The Morgan fingerprint density at radius 3 is 1.64 bits per heavy atom. The van der Waals surface area contributed by atoms with Crippen LogP contribution >= 0.6 is 23.2 Å². The van der Waals surface area contributed by atoms with Gasteiger partial charge in [-0.05, 0) is 121 Å². The highest BCUT2D eigenvalue weighted by atomic mass is 35.5. The van der Waals surface area contributed by atoms with Gasteiger partial charge in [0, 0.05) is 53.8 Å². The molecule has 0 saturated heterocycles. The number of Topliss-reactive ketones (excluding diaryl/α,β-unsaturated/α-hetero) is 1. The zero-order valence-corrected chi connectivity index (χ0v) is 53.5. The van der Waals surface area contributed by atoms with Crippen molar-refractivity contribution >= 4 is 81.8 Å². The second-order valence-electron chi connectivity index (χ2n) is 21.9. The molecular weight excluding hydrogens is 1230 g/mol. The van der Waals surface area contributed by atoms with E-state index in [2.05, 4.69) is 31.3 Å². The van der Waals surface area contributed by atoms with Gasteiger partial charge in [0.2, 0.25) is 11.6 Å². The Hall–Kier alpha value is -10.9. The van der Waals surface area contributed by atoms with Gasteiger partial charge in [0.05, 0.1) is 57.9 Å². The molecule has 8 aromatic carbocycles. The van der Waals surface area contributed by atoms with Crippen molar-refractivity contribution in [2.75, 3.05) is 5.32 Å². The van der Waals surface area contributed by atoms with Crippen LogP contribution in [0.15, 0.2) is 218 Å². The van der Waals surface area contributed by atoms with Crippen LogP contribution in [0.3, 0.4) is 0 Å². The normalized spacial score (nSPS) is 11.7. The number of halogens is 2. The molecule has 1 unspecified atom stereocenters. The highest BCUT2D eigenvalue weighted by molar-refractivity contribution is 6.39. The molecule has 0 saturated carbocycles. The summed E-state index contributed by atoms with van der Waals surface area (Å²) in [5, 5.41) is 48.6. The number of anilines is 2. The quantitative estimate of drug-likeness (QED) is 0.0412. The summed E-state index contributed by atoms with van der Waals surface area (Å²) in [6.45, 7) is 6.70. The van der Waals surface area contributed by atoms with Gasteiger partial charge in [-0.1, -0.05) is 199 Å². The Morgan fingerprint density at radius 1 is 0.489 bits per heavy atom. The molecule has 1 aliphatic rings. The topological polar surface area (TPSA) is 260 Å². The van der Waals surface area contributed by atoms with Crippen LogP contribution in [0.25, 0.3) is 11.1 Å². The number of aromatic nitrogens is 2. The largest absolute Gasteiger partial charge is 0.481 e. The summed E-state index contributed by atoms with van der Waals surface area (Å²) in [4.78, 5) is 90.7. The van der Waals surface area contributed by atoms with Crippen molar-refractivity contribution < 1.29 is 63.9 Å². The zero-order valence-electron chi connectivity index (χ0n) is 52.0. The summed E-state index contributed by atoms with van der Waals surface area (Å²) in [6, 6.07) is 66.0. The number of hydrogen-bond acceptors (Lipinski definition) is 9. The summed E-state index contributed by atoms with van der Waals surface area (Å²) >= 11 is 12.1. The number of carbonyl (C=O) groups excluding carboxylic acids is 3. The lowest BCUT2D eigenvalue weighted by atomic mass is 9.95. The maximum absolute atomic E-state index is 12.4. The molecule has 10 aromatic rings. The van der Waals surface area contributed by atoms with Crippen molar-refractivity contribution in [3.05, 3.63) is 307 Å². The molecule has 94 heavy (non-hydrogen) atoms. The lowest BCUT2D eigenvalue weighted by Gasteiger charge is -2.13. The van der Waals surface area contributed by atoms with Gasteiger partial charge in [0.25, 0.3) is 0 Å². The van der Waals surface area contributed by atoms with Crippen molar-refractivity contribution in [3.63, 3.8) is 0 Å². The number of hydrogen-bond donors (Lipinski definition) is 6. The van der Waals surface area contributed by atoms with Gasteiger partial charge < -0.3 is 40.0 Å². The fraction of sp³-hybridized carbons (Fsp3) is 0.158. The third-order valence-electron chi connectivity index (χ3n) is 15.5. The molecule has 0 bridgehead atoms. The van der Waals surface area contributed by atoms with E-state index in [1.807, 2.05) is 109 Å². The average molecular weight is 1300 g/mol. The molecule has 18 heteroatoms. The second-order valence-corrected chi connectivity index (χ2v) is 22.7. The van der Waals surface area contributed by atoms with Crippen LogP contribution in [0, 0.1) is 20.8 Å². The Morgan fingerprint density at radius 2 is 1.02 bits per heavy atom. The molecule has 6 N–H and O–H groups in total. The predicted molar refractivity (Wildman–Crippen MR) is 363 cm³/mol. The van der Waals surface area contributed by atoms with Gasteiger partial charge >= 0.3 is 29.8 Å². The number of carboxylic acid groups (broad SMARTS) is 5. The first-order valence-corrected chi connectivity index (χ1v) is 30.5. The van der Waals surface area contributed by atoms with Gasteiger partial charge in [0.15, 0.2) is 5.78 Å². The average Bonchev–Trinajstić information content (AvgIpc) is 1.63. The maximum Gasteiger partial charge on any atom is 0.335 e. The minimum absolute atomic E-state index is 0.0417. The van der Waals surface area contributed by atoms with Gasteiger partial charge in [-0.15, -0.1) is 0 Å². The first-order chi connectivity index (χ1) is 45.0. The first kappa shape index (κ1) is 70.5. The van der Waals surface area contributed by atoms with E-state index in [4.69, 9.17) is 48.7 Å². The van der Waals surface area contributed by atoms with Gasteiger partial charge in [-0.3, -0.25) is 33.6 Å². The Balaban J connectivity index is 0.000000166. The highest BCUT2D eigenvalue weighted by Crippen LogP contribution is 2.35. The minimum atomic E-state index is -0.950. The summed E-state index contributed by atoms with van der Waals surface area (Å²) < 4.78 is 3.46. The van der Waals surface area contributed by atoms with E-state index in [1.54, 1.807) is 121 Å². The van der Waals surface area contributed by atoms with E-state index in [0.29, 0.717) is 85.7 Å². The number of para-hydroxylation sites is 2. The van der Waals surface area contributed by atoms with E-state index in [-0.39, 0.29) is 43.0 Å². The van der Waals surface area contributed by atoms with E-state index < -0.39 is 35.8 Å². The van der Waals surface area contributed by atoms with Crippen LogP contribution in [-0.2, 0) is 52.0 Å². The van der Waals surface area contributed by atoms with Crippen LogP contribution in [0.2, 0.25) is 10.0 Å². The Bertz CT molecular complexity index is 4310. The van der Waals surface area contributed by atoms with Crippen LogP contribution in [0.5, 0.6) is 0 Å². The number of aromatic carboxylic acids is 1. The maximum atomic E-state index is 12.4. The fourth-order valence-corrected chi connectivity index (χ4v) is 10.7. The molecule has 3 heterocycles. The number of ketones is 3. The number of nitrogens with zero attached hydrogens (tertiary/aromatic N) is 2. The molecule has 480 valence electrons. The van der Waals surface area contributed by atoms with Crippen LogP contribution in [0.1, 0.15) is 123 Å². The van der Waals surface area contributed by atoms with Crippen molar-refractivity contribution in [1.82, 2.24) is 9.13 Å². The van der Waals surface area contributed by atoms with E-state index in [9.17, 15) is 38.4 Å².